The highest BCUT2D eigenvalue weighted by Gasteiger charge is 2.29. The summed E-state index contributed by atoms with van der Waals surface area (Å²) in [6.45, 7) is -1.71. The van der Waals surface area contributed by atoms with E-state index in [2.05, 4.69) is 14.8 Å². The summed E-state index contributed by atoms with van der Waals surface area (Å²) in [5, 5.41) is -0.385. The van der Waals surface area contributed by atoms with Gasteiger partial charge in [0.1, 0.15) is 0 Å². The minimum Gasteiger partial charge on any atom is -0.335 e. The number of alkyl halides is 3. The SMILES string of the molecule is O=S(=O)(NOCC(F)(F)F)c1cnc[nH]1. The number of imidazole rings is 1. The molecule has 86 valence electrons. The molecule has 1 rings (SSSR count). The molecule has 0 aliphatic heterocycles. The van der Waals surface area contributed by atoms with Crippen LogP contribution in [0, 0.1) is 0 Å². The summed E-state index contributed by atoms with van der Waals surface area (Å²) in [5.74, 6) is 0. The first-order chi connectivity index (χ1) is 6.81. The van der Waals surface area contributed by atoms with E-state index in [0.29, 0.717) is 0 Å². The molecular formula is C5H6F3N3O3S. The van der Waals surface area contributed by atoms with Crippen LogP contribution in [0.25, 0.3) is 0 Å². The molecule has 0 aliphatic carbocycles. The molecule has 10 heteroatoms. The molecule has 0 atom stereocenters. The zero-order valence-electron chi connectivity index (χ0n) is 7.08. The van der Waals surface area contributed by atoms with Crippen LogP contribution in [0.2, 0.25) is 0 Å². The normalized spacial score (nSPS) is 13.0. The number of halogens is 3. The van der Waals surface area contributed by atoms with E-state index < -0.39 is 22.8 Å². The summed E-state index contributed by atoms with van der Waals surface area (Å²) in [4.78, 5) is 10.7. The molecule has 15 heavy (non-hydrogen) atoms. The number of hydrogen-bond donors (Lipinski definition) is 2. The summed E-state index contributed by atoms with van der Waals surface area (Å²) in [7, 11) is -4.13. The van der Waals surface area contributed by atoms with Gasteiger partial charge in [0.05, 0.1) is 12.5 Å². The van der Waals surface area contributed by atoms with Crippen molar-refractivity contribution >= 4 is 10.0 Å². The van der Waals surface area contributed by atoms with Gasteiger partial charge < -0.3 is 4.98 Å². The summed E-state index contributed by atoms with van der Waals surface area (Å²) >= 11 is 0. The molecule has 1 aromatic rings. The van der Waals surface area contributed by atoms with Crippen molar-refractivity contribution in [2.24, 2.45) is 0 Å². The third-order valence-corrected chi connectivity index (χ3v) is 2.31. The molecular weight excluding hydrogens is 239 g/mol. The fourth-order valence-electron chi connectivity index (χ4n) is 0.624. The molecule has 0 amide bonds. The van der Waals surface area contributed by atoms with Gasteiger partial charge in [-0.15, -0.1) is 0 Å². The van der Waals surface area contributed by atoms with E-state index in [4.69, 9.17) is 0 Å². The molecule has 0 spiro atoms. The Kier molecular flexibility index (Phi) is 3.31. The molecule has 6 nitrogen and oxygen atoms in total. The van der Waals surface area contributed by atoms with Crippen LogP contribution >= 0.6 is 0 Å². The Morgan fingerprint density at radius 3 is 2.67 bits per heavy atom. The Bertz CT molecular complexity index is 399. The molecule has 2 N–H and O–H groups in total. The lowest BCUT2D eigenvalue weighted by molar-refractivity contribution is -0.181. The highest BCUT2D eigenvalue weighted by atomic mass is 32.2. The summed E-state index contributed by atoms with van der Waals surface area (Å²) in [6, 6.07) is 0. The Morgan fingerprint density at radius 2 is 2.20 bits per heavy atom. The smallest absolute Gasteiger partial charge is 0.335 e. The van der Waals surface area contributed by atoms with Crippen molar-refractivity contribution in [3.8, 4) is 0 Å². The van der Waals surface area contributed by atoms with Crippen LogP contribution in [0.3, 0.4) is 0 Å². The molecule has 0 fully saturated rings. The predicted molar refractivity (Wildman–Crippen MR) is 40.9 cm³/mol. The quantitative estimate of drug-likeness (QED) is 0.741. The molecule has 0 radical (unpaired) electrons. The first-order valence-corrected chi connectivity index (χ1v) is 4.98. The first kappa shape index (κ1) is 11.9. The van der Waals surface area contributed by atoms with Crippen molar-refractivity contribution < 1.29 is 26.4 Å². The maximum atomic E-state index is 11.6. The molecule has 0 aliphatic rings. The Balaban J connectivity index is 2.53. The van der Waals surface area contributed by atoms with Crippen LogP contribution in [0.1, 0.15) is 0 Å². The maximum absolute atomic E-state index is 11.6. The fraction of sp³-hybridized carbons (Fsp3) is 0.400. The zero-order chi connectivity index (χ0) is 11.5. The average molecular weight is 245 g/mol. The van der Waals surface area contributed by atoms with Gasteiger partial charge in [0.25, 0.3) is 10.0 Å². The monoisotopic (exact) mass is 245 g/mol. The van der Waals surface area contributed by atoms with Gasteiger partial charge in [0, 0.05) is 0 Å². The zero-order valence-corrected chi connectivity index (χ0v) is 7.89. The number of hydrogen-bond acceptors (Lipinski definition) is 4. The van der Waals surface area contributed by atoms with E-state index in [-0.39, 0.29) is 5.03 Å². The van der Waals surface area contributed by atoms with Gasteiger partial charge in [-0.1, -0.05) is 4.89 Å². The number of aromatic nitrogens is 2. The number of nitrogens with one attached hydrogen (secondary N) is 2. The van der Waals surface area contributed by atoms with Gasteiger partial charge in [-0.25, -0.2) is 13.4 Å². The van der Waals surface area contributed by atoms with Crippen molar-refractivity contribution in [1.29, 1.82) is 0 Å². The lowest BCUT2D eigenvalue weighted by Gasteiger charge is -2.07. The molecule has 0 bridgehead atoms. The van der Waals surface area contributed by atoms with Crippen molar-refractivity contribution in [1.82, 2.24) is 14.9 Å². The average Bonchev–Trinajstić information content (AvgIpc) is 2.52. The van der Waals surface area contributed by atoms with E-state index in [0.717, 1.165) is 12.5 Å². The predicted octanol–water partition coefficient (Wildman–Crippen LogP) is 0.182. The summed E-state index contributed by atoms with van der Waals surface area (Å²) in [5.41, 5.74) is 0. The molecule has 0 unspecified atom stereocenters. The Hall–Kier alpha value is -1.13. The number of H-pyrrole nitrogens is 1. The van der Waals surface area contributed by atoms with Crippen molar-refractivity contribution in [2.75, 3.05) is 6.61 Å². The topological polar surface area (TPSA) is 84.1 Å². The Morgan fingerprint density at radius 1 is 1.53 bits per heavy atom. The van der Waals surface area contributed by atoms with Gasteiger partial charge in [-0.05, 0) is 0 Å². The van der Waals surface area contributed by atoms with E-state index >= 15 is 0 Å². The summed E-state index contributed by atoms with van der Waals surface area (Å²) < 4.78 is 57.0. The first-order valence-electron chi connectivity index (χ1n) is 3.50. The standard InChI is InChI=1S/C5H6F3N3O3S/c6-5(7,8)2-14-11-15(12,13)4-1-9-3-10-4/h1,3,11H,2H2,(H,9,10). The van der Waals surface area contributed by atoms with Gasteiger partial charge in [-0.3, -0.25) is 4.84 Å². The van der Waals surface area contributed by atoms with Gasteiger partial charge >= 0.3 is 6.18 Å². The van der Waals surface area contributed by atoms with Crippen molar-refractivity contribution in [3.05, 3.63) is 12.5 Å². The highest BCUT2D eigenvalue weighted by Crippen LogP contribution is 2.14. The second-order valence-corrected chi connectivity index (χ2v) is 4.02. The second kappa shape index (κ2) is 4.16. The summed E-state index contributed by atoms with van der Waals surface area (Å²) in [6.07, 6.45) is -2.60. The van der Waals surface area contributed by atoms with Crippen LogP contribution in [-0.4, -0.2) is 31.2 Å². The van der Waals surface area contributed by atoms with Gasteiger partial charge in [-0.2, -0.15) is 13.2 Å². The van der Waals surface area contributed by atoms with E-state index in [9.17, 15) is 21.6 Å². The van der Waals surface area contributed by atoms with Crippen LogP contribution in [0.4, 0.5) is 13.2 Å². The molecule has 1 heterocycles. The van der Waals surface area contributed by atoms with Crippen molar-refractivity contribution in [2.45, 2.75) is 11.2 Å². The Labute approximate surface area is 82.5 Å². The van der Waals surface area contributed by atoms with E-state index in [1.165, 1.54) is 4.89 Å². The molecule has 0 aromatic carbocycles. The number of aromatic amines is 1. The lowest BCUT2D eigenvalue weighted by Crippen LogP contribution is -2.29. The van der Waals surface area contributed by atoms with Gasteiger partial charge in [0.2, 0.25) is 0 Å². The number of sulfonamides is 1. The number of nitrogens with zero attached hydrogens (tertiary/aromatic N) is 1. The van der Waals surface area contributed by atoms with Gasteiger partial charge in [0.15, 0.2) is 11.6 Å². The van der Waals surface area contributed by atoms with Crippen LogP contribution in [-0.2, 0) is 14.9 Å². The minimum atomic E-state index is -4.60. The largest absolute Gasteiger partial charge is 0.413 e. The fourth-order valence-corrected chi connectivity index (χ4v) is 1.34. The minimum absolute atomic E-state index is 0.385. The third-order valence-electron chi connectivity index (χ3n) is 1.17. The van der Waals surface area contributed by atoms with Crippen LogP contribution in [0.5, 0.6) is 0 Å². The molecule has 0 saturated carbocycles. The lowest BCUT2D eigenvalue weighted by atomic mass is 10.7. The van der Waals surface area contributed by atoms with Crippen LogP contribution in [0.15, 0.2) is 17.6 Å². The second-order valence-electron chi connectivity index (χ2n) is 2.41. The van der Waals surface area contributed by atoms with Crippen molar-refractivity contribution in [3.63, 3.8) is 0 Å². The molecule has 0 saturated heterocycles. The highest BCUT2D eigenvalue weighted by molar-refractivity contribution is 7.89. The molecule has 1 aromatic heterocycles. The van der Waals surface area contributed by atoms with E-state index in [1.807, 2.05) is 0 Å². The van der Waals surface area contributed by atoms with Crippen LogP contribution < -0.4 is 4.89 Å². The maximum Gasteiger partial charge on any atom is 0.413 e. The number of rotatable bonds is 4. The van der Waals surface area contributed by atoms with E-state index in [1.54, 1.807) is 0 Å². The third kappa shape index (κ3) is 3.85.